The molecule has 5 heterocycles. The van der Waals surface area contributed by atoms with Crippen molar-refractivity contribution in [1.82, 2.24) is 23.8 Å². The van der Waals surface area contributed by atoms with Crippen molar-refractivity contribution in [2.75, 3.05) is 63.8 Å². The number of aromatic nitrogens is 4. The van der Waals surface area contributed by atoms with Crippen LogP contribution in [0, 0.1) is 6.92 Å². The van der Waals surface area contributed by atoms with Crippen molar-refractivity contribution >= 4 is 34.0 Å². The lowest BCUT2D eigenvalue weighted by molar-refractivity contribution is 0.0114. The zero-order valence-electron chi connectivity index (χ0n) is 26.2. The average molecular weight is 610 g/mol. The van der Waals surface area contributed by atoms with E-state index in [4.69, 9.17) is 24.2 Å². The third kappa shape index (κ3) is 5.36. The molecule has 2 aliphatic heterocycles. The highest BCUT2D eigenvalue weighted by Gasteiger charge is 2.28. The Morgan fingerprint density at radius 3 is 2.51 bits per heavy atom. The molecule has 1 N–H and O–H groups in total. The number of hydrogen-bond donors (Lipinski definition) is 1. The lowest BCUT2D eigenvalue weighted by Gasteiger charge is -2.40. The van der Waals surface area contributed by atoms with Crippen molar-refractivity contribution < 1.29 is 19.0 Å². The molecule has 2 fully saturated rings. The standard InChI is InChI=1S/C34H39N7O4/c1-22-30-20-35-34(40-12-10-24(11-13-40)39-14-16-45-17-15-39)41(30)21-27(36-22)23-8-9-26(32(18-23)44-4)37-33(42)29-19-25-28(38(29)2)6-5-7-31(25)43-3/h5-9,18-21,24H,10-17H2,1-4H3,(H,37,42). The van der Waals surface area contributed by atoms with Crippen LogP contribution in [0.2, 0.25) is 0 Å². The highest BCUT2D eigenvalue weighted by molar-refractivity contribution is 6.07. The number of imidazole rings is 1. The van der Waals surface area contributed by atoms with E-state index in [1.807, 2.05) is 67.2 Å². The van der Waals surface area contributed by atoms with E-state index in [1.54, 1.807) is 14.2 Å². The number of nitrogens with zero attached hydrogens (tertiary/aromatic N) is 6. The second-order valence-electron chi connectivity index (χ2n) is 11.7. The molecule has 0 spiro atoms. The van der Waals surface area contributed by atoms with E-state index in [1.165, 1.54) is 0 Å². The summed E-state index contributed by atoms with van der Waals surface area (Å²) in [6.07, 6.45) is 6.19. The number of benzene rings is 2. The van der Waals surface area contributed by atoms with E-state index in [0.29, 0.717) is 23.2 Å². The van der Waals surface area contributed by atoms with Gasteiger partial charge in [-0.25, -0.2) is 9.97 Å². The first kappa shape index (κ1) is 29.1. The minimum Gasteiger partial charge on any atom is -0.496 e. The number of amides is 1. The summed E-state index contributed by atoms with van der Waals surface area (Å²) >= 11 is 0. The van der Waals surface area contributed by atoms with Gasteiger partial charge in [0.25, 0.3) is 5.91 Å². The van der Waals surface area contributed by atoms with Gasteiger partial charge in [-0.15, -0.1) is 0 Å². The number of methoxy groups -OCH3 is 2. The van der Waals surface area contributed by atoms with Crippen LogP contribution in [-0.2, 0) is 11.8 Å². The molecular formula is C34H39N7O4. The lowest BCUT2D eigenvalue weighted by Crippen LogP contribution is -2.49. The van der Waals surface area contributed by atoms with Gasteiger partial charge in [-0.05, 0) is 50.1 Å². The maximum absolute atomic E-state index is 13.4. The molecule has 2 aromatic carbocycles. The fraction of sp³-hybridized carbons (Fsp3) is 0.382. The summed E-state index contributed by atoms with van der Waals surface area (Å²) in [5.41, 5.74) is 5.59. The first-order valence-electron chi connectivity index (χ1n) is 15.5. The van der Waals surface area contributed by atoms with Crippen molar-refractivity contribution in [3.8, 4) is 22.8 Å². The van der Waals surface area contributed by atoms with Gasteiger partial charge in [0.2, 0.25) is 5.95 Å². The van der Waals surface area contributed by atoms with Gasteiger partial charge in [0.1, 0.15) is 17.2 Å². The van der Waals surface area contributed by atoms with E-state index in [2.05, 4.69) is 25.7 Å². The number of hydrogen-bond acceptors (Lipinski definition) is 8. The summed E-state index contributed by atoms with van der Waals surface area (Å²) < 4.78 is 20.8. The molecule has 11 heteroatoms. The molecule has 0 unspecified atom stereocenters. The van der Waals surface area contributed by atoms with Crippen molar-refractivity contribution in [2.24, 2.45) is 7.05 Å². The molecule has 234 valence electrons. The highest BCUT2D eigenvalue weighted by Crippen LogP contribution is 2.33. The SMILES string of the molecule is COc1cc(-c2cn3c(N4CCC(N5CCOCC5)CC4)ncc3c(C)n2)ccc1NC(=O)c1cc2c(OC)cccc2n1C. The van der Waals surface area contributed by atoms with Crippen LogP contribution in [0.25, 0.3) is 27.7 Å². The van der Waals surface area contributed by atoms with Crippen LogP contribution >= 0.6 is 0 Å². The second kappa shape index (κ2) is 12.1. The van der Waals surface area contributed by atoms with Crippen LogP contribution in [0.15, 0.2) is 54.9 Å². The fourth-order valence-electron chi connectivity index (χ4n) is 6.75. The second-order valence-corrected chi connectivity index (χ2v) is 11.7. The summed E-state index contributed by atoms with van der Waals surface area (Å²) in [6, 6.07) is 14.0. The molecule has 45 heavy (non-hydrogen) atoms. The van der Waals surface area contributed by atoms with Crippen LogP contribution in [0.3, 0.4) is 0 Å². The number of piperidine rings is 1. The summed E-state index contributed by atoms with van der Waals surface area (Å²) in [7, 11) is 5.11. The normalized spacial score (nSPS) is 16.4. The van der Waals surface area contributed by atoms with Gasteiger partial charge in [-0.3, -0.25) is 14.1 Å². The molecule has 0 atom stereocenters. The Morgan fingerprint density at radius 1 is 0.978 bits per heavy atom. The van der Waals surface area contributed by atoms with Crippen LogP contribution in [0.5, 0.6) is 11.5 Å². The number of rotatable bonds is 7. The summed E-state index contributed by atoms with van der Waals surface area (Å²) in [4.78, 5) is 28.1. The number of carbonyl (C=O) groups is 1. The number of ether oxygens (including phenoxy) is 3. The Bertz CT molecular complexity index is 1870. The Hall–Kier alpha value is -4.61. The number of aryl methyl sites for hydroxylation is 2. The van der Waals surface area contributed by atoms with Crippen LogP contribution in [-0.4, -0.2) is 89.4 Å². The van der Waals surface area contributed by atoms with Crippen molar-refractivity contribution in [1.29, 1.82) is 0 Å². The number of morpholine rings is 1. The molecule has 3 aromatic heterocycles. The Kier molecular flexibility index (Phi) is 7.80. The number of nitrogens with one attached hydrogen (secondary N) is 1. The van der Waals surface area contributed by atoms with Crippen LogP contribution in [0.1, 0.15) is 29.0 Å². The zero-order chi connectivity index (χ0) is 31.1. The van der Waals surface area contributed by atoms with Gasteiger partial charge < -0.3 is 29.0 Å². The lowest BCUT2D eigenvalue weighted by atomic mass is 10.0. The minimum absolute atomic E-state index is 0.238. The predicted molar refractivity (Wildman–Crippen MR) is 175 cm³/mol. The van der Waals surface area contributed by atoms with E-state index in [0.717, 1.165) is 97.3 Å². The molecular weight excluding hydrogens is 570 g/mol. The van der Waals surface area contributed by atoms with E-state index < -0.39 is 0 Å². The zero-order valence-corrected chi connectivity index (χ0v) is 26.2. The Balaban J connectivity index is 1.13. The Labute approximate surface area is 262 Å². The predicted octanol–water partition coefficient (Wildman–Crippen LogP) is 4.77. The minimum atomic E-state index is -0.238. The van der Waals surface area contributed by atoms with Gasteiger partial charge in [0.05, 0.1) is 61.7 Å². The van der Waals surface area contributed by atoms with Crippen LogP contribution < -0.4 is 19.7 Å². The third-order valence-electron chi connectivity index (χ3n) is 9.24. The summed E-state index contributed by atoms with van der Waals surface area (Å²) in [6.45, 7) is 7.65. The topological polar surface area (TPSA) is 98.4 Å². The molecule has 0 radical (unpaired) electrons. The highest BCUT2D eigenvalue weighted by atomic mass is 16.5. The van der Waals surface area contributed by atoms with E-state index in [-0.39, 0.29) is 5.91 Å². The van der Waals surface area contributed by atoms with Crippen molar-refractivity contribution in [3.63, 3.8) is 0 Å². The molecule has 11 nitrogen and oxygen atoms in total. The molecule has 2 aliphatic rings. The number of fused-ring (bicyclic) bond motifs is 2. The van der Waals surface area contributed by atoms with E-state index in [9.17, 15) is 4.79 Å². The first-order valence-corrected chi connectivity index (χ1v) is 15.5. The summed E-state index contributed by atoms with van der Waals surface area (Å²) in [5.74, 6) is 1.98. The maximum atomic E-state index is 13.4. The first-order chi connectivity index (χ1) is 21.9. The van der Waals surface area contributed by atoms with Gasteiger partial charge in [-0.1, -0.05) is 12.1 Å². The quantitative estimate of drug-likeness (QED) is 0.282. The van der Waals surface area contributed by atoms with Crippen molar-refractivity contribution in [2.45, 2.75) is 25.8 Å². The van der Waals surface area contributed by atoms with Crippen molar-refractivity contribution in [3.05, 3.63) is 66.2 Å². The number of anilines is 2. The monoisotopic (exact) mass is 609 g/mol. The van der Waals surface area contributed by atoms with E-state index >= 15 is 0 Å². The number of carbonyl (C=O) groups excluding carboxylic acids is 1. The largest absolute Gasteiger partial charge is 0.496 e. The van der Waals surface area contributed by atoms with Crippen LogP contribution in [0.4, 0.5) is 11.6 Å². The van der Waals surface area contributed by atoms with Gasteiger partial charge in [0.15, 0.2) is 0 Å². The fourth-order valence-corrected chi connectivity index (χ4v) is 6.75. The smallest absolute Gasteiger partial charge is 0.272 e. The maximum Gasteiger partial charge on any atom is 0.272 e. The molecule has 0 aliphatic carbocycles. The molecule has 1 amide bonds. The third-order valence-corrected chi connectivity index (χ3v) is 9.24. The van der Waals surface area contributed by atoms with Gasteiger partial charge in [-0.2, -0.15) is 0 Å². The molecule has 0 bridgehead atoms. The molecule has 0 saturated carbocycles. The average Bonchev–Trinajstić information content (AvgIpc) is 3.67. The molecule has 5 aromatic rings. The molecule has 2 saturated heterocycles. The molecule has 7 rings (SSSR count). The Morgan fingerprint density at radius 2 is 1.76 bits per heavy atom. The van der Waals surface area contributed by atoms with Gasteiger partial charge >= 0.3 is 0 Å². The van der Waals surface area contributed by atoms with Gasteiger partial charge in [0, 0.05) is 56.4 Å². The summed E-state index contributed by atoms with van der Waals surface area (Å²) in [5, 5.41) is 3.92.